The molecule has 11 nitrogen and oxygen atoms in total. The fourth-order valence-corrected chi connectivity index (χ4v) is 3.27. The Balaban J connectivity index is 0.000000638. The predicted octanol–water partition coefficient (Wildman–Crippen LogP) is 0.978. The second kappa shape index (κ2) is 13.9. The lowest BCUT2D eigenvalue weighted by molar-refractivity contribution is -0.192. The molecular formula is C23H25F4N5O6. The van der Waals surface area contributed by atoms with Crippen LogP contribution in [0.4, 0.5) is 23.2 Å². The summed E-state index contributed by atoms with van der Waals surface area (Å²) in [6, 6.07) is 7.54. The number of hydrogen-bond donors (Lipinski definition) is 5. The molecule has 15 heteroatoms. The maximum atomic E-state index is 14.2. The largest absolute Gasteiger partial charge is 0.490 e. The van der Waals surface area contributed by atoms with Crippen LogP contribution in [0.5, 0.6) is 0 Å². The molecule has 1 fully saturated rings. The molecule has 1 aromatic carbocycles. The topological polar surface area (TPSA) is 161 Å². The highest BCUT2D eigenvalue weighted by Crippen LogP contribution is 2.19. The summed E-state index contributed by atoms with van der Waals surface area (Å²) in [7, 11) is 0. The van der Waals surface area contributed by atoms with Gasteiger partial charge in [0.2, 0.25) is 5.91 Å². The zero-order chi connectivity index (χ0) is 28.3. The molecule has 1 aliphatic rings. The number of carbonyl (C=O) groups is 4. The zero-order valence-corrected chi connectivity index (χ0v) is 19.8. The standard InChI is InChI=1S/C21H24FN5O4.C2HF3O2/c22-18-4-3-15(27-8-6-23-7-9-27)10-16(18)20(29)26-13-19(28)25-12-17(21(30)31)14-2-1-5-24-11-14;3-2(4,5)1(6)7/h1-5,10-11,17,23H,6-9,12-13H2,(H,25,28)(H,26,29)(H,30,31);(H,6,7)/t17-;/m1./s1. The highest BCUT2D eigenvalue weighted by molar-refractivity contribution is 5.97. The SMILES string of the molecule is O=C(CNC(=O)c1cc(N2CCNCC2)ccc1F)NC[C@@H](C(=O)O)c1cccnc1.O=C(O)C(F)(F)F. The van der Waals surface area contributed by atoms with Gasteiger partial charge in [-0.25, -0.2) is 9.18 Å². The van der Waals surface area contributed by atoms with Gasteiger partial charge in [-0.2, -0.15) is 13.2 Å². The van der Waals surface area contributed by atoms with E-state index >= 15 is 0 Å². The first-order chi connectivity index (χ1) is 17.9. The van der Waals surface area contributed by atoms with Crippen molar-refractivity contribution in [3.05, 3.63) is 59.7 Å². The molecule has 1 aliphatic heterocycles. The van der Waals surface area contributed by atoms with Gasteiger partial charge < -0.3 is 31.1 Å². The van der Waals surface area contributed by atoms with Crippen LogP contribution >= 0.6 is 0 Å². The molecule has 1 aromatic heterocycles. The minimum Gasteiger partial charge on any atom is -0.481 e. The molecule has 0 radical (unpaired) electrons. The summed E-state index contributed by atoms with van der Waals surface area (Å²) in [6.45, 7) is 2.52. The molecular weight excluding hydrogens is 518 g/mol. The number of carboxylic acids is 2. The summed E-state index contributed by atoms with van der Waals surface area (Å²) in [5.41, 5.74) is 1.03. The normalized spacial score (nSPS) is 13.9. The fraction of sp³-hybridized carbons (Fsp3) is 0.348. The molecule has 0 unspecified atom stereocenters. The van der Waals surface area contributed by atoms with Crippen LogP contribution in [0, 0.1) is 5.82 Å². The summed E-state index contributed by atoms with van der Waals surface area (Å²) < 4.78 is 45.9. The monoisotopic (exact) mass is 543 g/mol. The van der Waals surface area contributed by atoms with E-state index in [1.807, 2.05) is 4.90 Å². The number of aliphatic carboxylic acids is 2. The summed E-state index contributed by atoms with van der Waals surface area (Å²) >= 11 is 0. The van der Waals surface area contributed by atoms with E-state index in [9.17, 15) is 37.1 Å². The third-order valence-electron chi connectivity index (χ3n) is 5.22. The first-order valence-corrected chi connectivity index (χ1v) is 11.1. The molecule has 38 heavy (non-hydrogen) atoms. The van der Waals surface area contributed by atoms with Crippen LogP contribution in [0.3, 0.4) is 0 Å². The number of carbonyl (C=O) groups excluding carboxylic acids is 2. The highest BCUT2D eigenvalue weighted by atomic mass is 19.4. The molecule has 0 saturated carbocycles. The highest BCUT2D eigenvalue weighted by Gasteiger charge is 2.38. The van der Waals surface area contributed by atoms with Crippen molar-refractivity contribution in [2.24, 2.45) is 0 Å². The number of anilines is 1. The van der Waals surface area contributed by atoms with Crippen LogP contribution in [0.2, 0.25) is 0 Å². The molecule has 206 valence electrons. The van der Waals surface area contributed by atoms with E-state index in [-0.39, 0.29) is 12.1 Å². The quantitative estimate of drug-likeness (QED) is 0.306. The molecule has 0 spiro atoms. The van der Waals surface area contributed by atoms with Gasteiger partial charge in [0.1, 0.15) is 11.7 Å². The maximum absolute atomic E-state index is 14.2. The van der Waals surface area contributed by atoms with Crippen molar-refractivity contribution >= 4 is 29.4 Å². The number of benzene rings is 1. The molecule has 0 aliphatic carbocycles. The molecule has 2 aromatic rings. The Kier molecular flexibility index (Phi) is 10.9. The minimum atomic E-state index is -5.08. The Morgan fingerprint density at radius 2 is 1.74 bits per heavy atom. The Morgan fingerprint density at radius 1 is 1.08 bits per heavy atom. The summed E-state index contributed by atoms with van der Waals surface area (Å²) in [6.07, 6.45) is -2.15. The van der Waals surface area contributed by atoms with Crippen LogP contribution in [-0.2, 0) is 14.4 Å². The minimum absolute atomic E-state index is 0.150. The van der Waals surface area contributed by atoms with E-state index in [2.05, 4.69) is 20.9 Å². The lowest BCUT2D eigenvalue weighted by Gasteiger charge is -2.29. The van der Waals surface area contributed by atoms with Crippen molar-refractivity contribution in [1.82, 2.24) is 20.9 Å². The average molecular weight is 543 g/mol. The number of nitrogens with one attached hydrogen (secondary N) is 3. The molecule has 1 atom stereocenters. The Hall–Kier alpha value is -4.27. The molecule has 0 bridgehead atoms. The smallest absolute Gasteiger partial charge is 0.481 e. The van der Waals surface area contributed by atoms with Crippen molar-refractivity contribution < 1.29 is 47.0 Å². The van der Waals surface area contributed by atoms with Crippen LogP contribution < -0.4 is 20.9 Å². The second-order valence-corrected chi connectivity index (χ2v) is 7.87. The molecule has 1 saturated heterocycles. The predicted molar refractivity (Wildman–Crippen MR) is 125 cm³/mol. The number of amides is 2. The van der Waals surface area contributed by atoms with Gasteiger partial charge >= 0.3 is 18.1 Å². The van der Waals surface area contributed by atoms with Gasteiger partial charge in [-0.05, 0) is 29.8 Å². The number of carboxylic acid groups (broad SMARTS) is 2. The Labute approximate surface area is 213 Å². The number of piperazine rings is 1. The molecule has 3 rings (SSSR count). The fourth-order valence-electron chi connectivity index (χ4n) is 3.27. The van der Waals surface area contributed by atoms with Gasteiger partial charge in [0.05, 0.1) is 12.1 Å². The van der Waals surface area contributed by atoms with E-state index in [1.165, 1.54) is 24.5 Å². The van der Waals surface area contributed by atoms with Crippen molar-refractivity contribution in [2.45, 2.75) is 12.1 Å². The van der Waals surface area contributed by atoms with Gasteiger partial charge in [-0.1, -0.05) is 6.07 Å². The lowest BCUT2D eigenvalue weighted by Crippen LogP contribution is -2.43. The van der Waals surface area contributed by atoms with Crippen LogP contribution in [0.25, 0.3) is 0 Å². The summed E-state index contributed by atoms with van der Waals surface area (Å²) in [4.78, 5) is 50.8. The third kappa shape index (κ3) is 9.31. The van der Waals surface area contributed by atoms with Gasteiger partial charge in [-0.15, -0.1) is 0 Å². The number of rotatable bonds is 8. The van der Waals surface area contributed by atoms with E-state index in [1.54, 1.807) is 18.2 Å². The Bertz CT molecular complexity index is 1130. The summed E-state index contributed by atoms with van der Waals surface area (Å²) in [5.74, 6) is -6.81. The molecule has 5 N–H and O–H groups in total. The third-order valence-corrected chi connectivity index (χ3v) is 5.22. The van der Waals surface area contributed by atoms with Gasteiger partial charge in [0, 0.05) is 50.8 Å². The first kappa shape index (κ1) is 30.0. The summed E-state index contributed by atoms with van der Waals surface area (Å²) in [5, 5.41) is 24.6. The van der Waals surface area contributed by atoms with Crippen LogP contribution in [-0.4, -0.2) is 84.4 Å². The van der Waals surface area contributed by atoms with E-state index in [4.69, 9.17) is 9.90 Å². The second-order valence-electron chi connectivity index (χ2n) is 7.87. The molecule has 2 amide bonds. The van der Waals surface area contributed by atoms with Crippen molar-refractivity contribution in [1.29, 1.82) is 0 Å². The van der Waals surface area contributed by atoms with Crippen LogP contribution in [0.1, 0.15) is 21.8 Å². The van der Waals surface area contributed by atoms with Crippen molar-refractivity contribution in [2.75, 3.05) is 44.2 Å². The van der Waals surface area contributed by atoms with E-state index in [0.29, 0.717) is 5.56 Å². The van der Waals surface area contributed by atoms with Gasteiger partial charge in [0.15, 0.2) is 0 Å². The van der Waals surface area contributed by atoms with E-state index < -0.39 is 48.2 Å². The maximum Gasteiger partial charge on any atom is 0.490 e. The molecule has 2 heterocycles. The van der Waals surface area contributed by atoms with E-state index in [0.717, 1.165) is 31.9 Å². The average Bonchev–Trinajstić information content (AvgIpc) is 2.88. The zero-order valence-electron chi connectivity index (χ0n) is 19.8. The van der Waals surface area contributed by atoms with Crippen molar-refractivity contribution in [3.8, 4) is 0 Å². The number of alkyl halides is 3. The van der Waals surface area contributed by atoms with Crippen LogP contribution in [0.15, 0.2) is 42.7 Å². The number of nitrogens with zero attached hydrogens (tertiary/aromatic N) is 2. The van der Waals surface area contributed by atoms with Crippen molar-refractivity contribution in [3.63, 3.8) is 0 Å². The number of hydrogen-bond acceptors (Lipinski definition) is 7. The van der Waals surface area contributed by atoms with Gasteiger partial charge in [-0.3, -0.25) is 19.4 Å². The first-order valence-electron chi connectivity index (χ1n) is 11.1. The Morgan fingerprint density at radius 3 is 2.29 bits per heavy atom. The lowest BCUT2D eigenvalue weighted by atomic mass is 10.0. The number of aromatic nitrogens is 1. The van der Waals surface area contributed by atoms with Gasteiger partial charge in [0.25, 0.3) is 5.91 Å². The number of halogens is 4. The number of pyridine rings is 1.